The highest BCUT2D eigenvalue weighted by atomic mass is 16.5. The smallest absolute Gasteiger partial charge is 0.280 e. The van der Waals surface area contributed by atoms with Crippen LogP contribution >= 0.6 is 0 Å². The van der Waals surface area contributed by atoms with Crippen molar-refractivity contribution in [2.75, 3.05) is 18.0 Å². The van der Waals surface area contributed by atoms with E-state index >= 15 is 0 Å². The molecule has 9 nitrogen and oxygen atoms in total. The molecule has 1 aromatic carbocycles. The average molecular weight is 444 g/mol. The highest BCUT2D eigenvalue weighted by Crippen LogP contribution is 2.58. The Morgan fingerprint density at radius 1 is 1.06 bits per heavy atom. The minimum Gasteiger partial charge on any atom is -0.371 e. The van der Waals surface area contributed by atoms with Crippen LogP contribution in [0.5, 0.6) is 0 Å². The number of imidazole rings is 1. The first-order valence-electron chi connectivity index (χ1n) is 11.7. The number of anilines is 1. The molecule has 3 aromatic heterocycles. The molecule has 1 aliphatic heterocycles. The number of piperidine rings is 1. The molecule has 0 amide bonds. The van der Waals surface area contributed by atoms with Crippen molar-refractivity contribution in [1.82, 2.24) is 29.2 Å². The van der Waals surface area contributed by atoms with E-state index in [0.29, 0.717) is 34.8 Å². The van der Waals surface area contributed by atoms with Crippen LogP contribution < -0.4 is 10.5 Å². The van der Waals surface area contributed by atoms with E-state index in [2.05, 4.69) is 43.2 Å². The van der Waals surface area contributed by atoms with Gasteiger partial charge in [0.05, 0.1) is 6.33 Å². The van der Waals surface area contributed by atoms with Gasteiger partial charge >= 0.3 is 0 Å². The average Bonchev–Trinajstić information content (AvgIpc) is 3.24. The van der Waals surface area contributed by atoms with E-state index in [1.54, 1.807) is 17.9 Å². The van der Waals surface area contributed by atoms with Gasteiger partial charge in [-0.3, -0.25) is 9.36 Å². The van der Waals surface area contributed by atoms with Crippen molar-refractivity contribution in [3.05, 3.63) is 64.0 Å². The number of hydrogen-bond donors (Lipinski definition) is 0. The molecule has 0 N–H and O–H groups in total. The Bertz CT molecular complexity index is 1420. The number of benzene rings is 1. The summed E-state index contributed by atoms with van der Waals surface area (Å²) >= 11 is 0. The summed E-state index contributed by atoms with van der Waals surface area (Å²) in [5.41, 5.74) is 5.17. The van der Waals surface area contributed by atoms with Crippen molar-refractivity contribution in [3.8, 4) is 0 Å². The SMILES string of the molecule is Cn1cnc2ncn(Cc3nc(C4[C@H]5CN(c6ccc7c(c6)CCCC7)C[C@@H]45)no3)c(=O)c21. The van der Waals surface area contributed by atoms with Crippen molar-refractivity contribution in [2.24, 2.45) is 18.9 Å². The largest absolute Gasteiger partial charge is 0.371 e. The quantitative estimate of drug-likeness (QED) is 0.478. The fraction of sp³-hybridized carbons (Fsp3) is 0.458. The molecule has 1 saturated heterocycles. The van der Waals surface area contributed by atoms with Crippen molar-refractivity contribution in [1.29, 1.82) is 0 Å². The van der Waals surface area contributed by atoms with Gasteiger partial charge in [-0.25, -0.2) is 9.97 Å². The van der Waals surface area contributed by atoms with Crippen molar-refractivity contribution >= 4 is 16.9 Å². The standard InChI is InChI=1S/C24H25N7O2/c1-29-12-25-23-21(29)24(32)31(13-26-23)11-19-27-22(28-33-19)20-17-9-30(10-18(17)20)16-7-6-14-4-2-3-5-15(14)8-16/h6-8,12-13,17-18,20H,2-5,9-11H2,1H3/t17-,18+,20?. The molecule has 168 valence electrons. The van der Waals surface area contributed by atoms with Crippen molar-refractivity contribution < 1.29 is 4.52 Å². The van der Waals surface area contributed by atoms with Crippen molar-refractivity contribution in [3.63, 3.8) is 0 Å². The van der Waals surface area contributed by atoms with E-state index in [4.69, 9.17) is 4.52 Å². The first-order chi connectivity index (χ1) is 16.2. The van der Waals surface area contributed by atoms with E-state index < -0.39 is 0 Å². The van der Waals surface area contributed by atoms with Crippen LogP contribution in [0.25, 0.3) is 11.2 Å². The molecule has 2 aliphatic carbocycles. The predicted molar refractivity (Wildman–Crippen MR) is 121 cm³/mol. The van der Waals surface area contributed by atoms with Crippen LogP contribution in [0.1, 0.15) is 41.6 Å². The highest BCUT2D eigenvalue weighted by molar-refractivity contribution is 5.68. The lowest BCUT2D eigenvalue weighted by molar-refractivity contribution is 0.363. The Morgan fingerprint density at radius 2 is 1.85 bits per heavy atom. The maximum absolute atomic E-state index is 12.8. The molecular weight excluding hydrogens is 418 g/mol. The third kappa shape index (κ3) is 3.02. The second-order valence-corrected chi connectivity index (χ2v) is 9.67. The van der Waals surface area contributed by atoms with Crippen LogP contribution in [0.4, 0.5) is 5.69 Å². The molecule has 4 heterocycles. The van der Waals surface area contributed by atoms with E-state index in [-0.39, 0.29) is 12.1 Å². The maximum atomic E-state index is 12.8. The Balaban J connectivity index is 1.05. The van der Waals surface area contributed by atoms with Gasteiger partial charge in [-0.2, -0.15) is 4.98 Å². The predicted octanol–water partition coefficient (Wildman–Crippen LogP) is 2.29. The van der Waals surface area contributed by atoms with Crippen LogP contribution in [0.3, 0.4) is 0 Å². The number of rotatable bonds is 4. The molecule has 1 unspecified atom stereocenters. The molecule has 0 radical (unpaired) electrons. The van der Waals surface area contributed by atoms with Crippen molar-refractivity contribution in [2.45, 2.75) is 38.1 Å². The van der Waals surface area contributed by atoms with Gasteiger partial charge in [0, 0.05) is 31.7 Å². The summed E-state index contributed by atoms with van der Waals surface area (Å²) in [5, 5.41) is 4.25. The molecule has 4 aromatic rings. The molecule has 3 aliphatic rings. The summed E-state index contributed by atoms with van der Waals surface area (Å²) in [6, 6.07) is 7.03. The number of aryl methyl sites for hydroxylation is 3. The van der Waals surface area contributed by atoms with Gasteiger partial charge in [0.2, 0.25) is 5.89 Å². The second-order valence-electron chi connectivity index (χ2n) is 9.67. The van der Waals surface area contributed by atoms with Gasteiger partial charge in [-0.05, 0) is 60.8 Å². The minimum atomic E-state index is -0.163. The van der Waals surface area contributed by atoms with E-state index in [1.807, 2.05) is 0 Å². The Morgan fingerprint density at radius 3 is 2.70 bits per heavy atom. The third-order valence-electron chi connectivity index (χ3n) is 7.68. The number of nitrogens with zero attached hydrogens (tertiary/aromatic N) is 7. The van der Waals surface area contributed by atoms with Crippen LogP contribution in [0.15, 0.2) is 40.2 Å². The molecule has 33 heavy (non-hydrogen) atoms. The van der Waals surface area contributed by atoms with Gasteiger partial charge in [-0.1, -0.05) is 11.2 Å². The Labute approximate surface area is 190 Å². The van der Waals surface area contributed by atoms with Gasteiger partial charge in [-0.15, -0.1) is 0 Å². The molecule has 1 saturated carbocycles. The van der Waals surface area contributed by atoms with Crippen LogP contribution in [0.2, 0.25) is 0 Å². The van der Waals surface area contributed by atoms with Gasteiger partial charge in [0.25, 0.3) is 5.56 Å². The minimum absolute atomic E-state index is 0.163. The molecular formula is C24H25N7O2. The molecule has 9 heteroatoms. The molecule has 7 rings (SSSR count). The summed E-state index contributed by atoms with van der Waals surface area (Å²) in [5.74, 6) is 2.70. The summed E-state index contributed by atoms with van der Waals surface area (Å²) in [6.45, 7) is 2.29. The lowest BCUT2D eigenvalue weighted by atomic mass is 9.91. The lowest BCUT2D eigenvalue weighted by Crippen LogP contribution is -2.24. The lowest BCUT2D eigenvalue weighted by Gasteiger charge is -2.24. The summed E-state index contributed by atoms with van der Waals surface area (Å²) < 4.78 is 8.68. The van der Waals surface area contributed by atoms with Crippen LogP contribution in [-0.2, 0) is 26.4 Å². The summed E-state index contributed by atoms with van der Waals surface area (Å²) in [7, 11) is 1.78. The molecule has 2 fully saturated rings. The topological polar surface area (TPSA) is 94.9 Å². The first kappa shape index (κ1) is 19.0. The second kappa shape index (κ2) is 7.00. The summed E-state index contributed by atoms with van der Waals surface area (Å²) in [4.78, 5) is 28.3. The molecule has 0 bridgehead atoms. The normalized spacial score (nSPS) is 23.7. The van der Waals surface area contributed by atoms with E-state index in [1.165, 1.54) is 53.4 Å². The van der Waals surface area contributed by atoms with E-state index in [9.17, 15) is 4.79 Å². The Hall–Kier alpha value is -3.49. The molecule has 3 atom stereocenters. The Kier molecular flexibility index (Phi) is 4.04. The fourth-order valence-corrected chi connectivity index (χ4v) is 5.83. The maximum Gasteiger partial charge on any atom is 0.280 e. The number of fused-ring (bicyclic) bond motifs is 3. The van der Waals surface area contributed by atoms with Gasteiger partial charge in [0.1, 0.15) is 12.9 Å². The summed E-state index contributed by atoms with van der Waals surface area (Å²) in [6.07, 6.45) is 8.14. The number of aromatic nitrogens is 6. The monoisotopic (exact) mass is 443 g/mol. The fourth-order valence-electron chi connectivity index (χ4n) is 5.83. The van der Waals surface area contributed by atoms with Crippen LogP contribution in [-0.4, -0.2) is 42.3 Å². The van der Waals surface area contributed by atoms with Gasteiger partial charge < -0.3 is 14.0 Å². The number of hydrogen-bond acceptors (Lipinski definition) is 7. The zero-order valence-corrected chi connectivity index (χ0v) is 18.5. The zero-order chi connectivity index (χ0) is 22.1. The van der Waals surface area contributed by atoms with E-state index in [0.717, 1.165) is 18.9 Å². The third-order valence-corrected chi connectivity index (χ3v) is 7.68. The highest BCUT2D eigenvalue weighted by Gasteiger charge is 2.58. The van der Waals surface area contributed by atoms with Gasteiger partial charge in [0.15, 0.2) is 17.0 Å². The molecule has 0 spiro atoms. The zero-order valence-electron chi connectivity index (χ0n) is 18.5. The van der Waals surface area contributed by atoms with Crippen LogP contribution in [0, 0.1) is 11.8 Å². The first-order valence-corrected chi connectivity index (χ1v) is 11.7.